The minimum Gasteiger partial charge on any atom is -0.422 e. The Labute approximate surface area is 174 Å². The van der Waals surface area contributed by atoms with Crippen LogP contribution < -0.4 is 5.63 Å². The number of aryl methyl sites for hydroxylation is 2. The number of fused-ring (bicyclic) bond motifs is 1. The van der Waals surface area contributed by atoms with Crippen LogP contribution in [-0.4, -0.2) is 49.7 Å². The van der Waals surface area contributed by atoms with Crippen molar-refractivity contribution in [3.8, 4) is 0 Å². The zero-order valence-electron chi connectivity index (χ0n) is 16.8. The fourth-order valence-electron chi connectivity index (χ4n) is 3.74. The lowest BCUT2D eigenvalue weighted by Gasteiger charge is -2.34. The summed E-state index contributed by atoms with van der Waals surface area (Å²) >= 11 is 0. The molecule has 1 fully saturated rings. The van der Waals surface area contributed by atoms with Gasteiger partial charge in [-0.25, -0.2) is 13.2 Å². The molecule has 1 amide bonds. The highest BCUT2D eigenvalue weighted by atomic mass is 32.2. The highest BCUT2D eigenvalue weighted by Gasteiger charge is 2.32. The molecule has 2 aromatic carbocycles. The number of carbonyl (C=O) groups excluding carboxylic acids is 1. The van der Waals surface area contributed by atoms with E-state index in [4.69, 9.17) is 4.42 Å². The van der Waals surface area contributed by atoms with Crippen molar-refractivity contribution in [2.45, 2.75) is 18.7 Å². The van der Waals surface area contributed by atoms with Crippen molar-refractivity contribution in [1.82, 2.24) is 9.21 Å². The summed E-state index contributed by atoms with van der Waals surface area (Å²) in [7, 11) is -3.65. The van der Waals surface area contributed by atoms with Crippen LogP contribution in [0.25, 0.3) is 11.0 Å². The van der Waals surface area contributed by atoms with Crippen molar-refractivity contribution in [3.63, 3.8) is 0 Å². The number of amides is 1. The number of hydrogen-bond acceptors (Lipinski definition) is 5. The predicted molar refractivity (Wildman–Crippen MR) is 113 cm³/mol. The Morgan fingerprint density at radius 1 is 0.967 bits per heavy atom. The van der Waals surface area contributed by atoms with E-state index in [2.05, 4.69) is 0 Å². The Balaban J connectivity index is 1.52. The Hall–Kier alpha value is -2.97. The number of carbonyl (C=O) groups is 1. The molecule has 1 aliphatic heterocycles. The van der Waals surface area contributed by atoms with Gasteiger partial charge in [0.05, 0.1) is 4.90 Å². The van der Waals surface area contributed by atoms with Gasteiger partial charge in [0, 0.05) is 31.6 Å². The Morgan fingerprint density at radius 3 is 2.37 bits per heavy atom. The first-order chi connectivity index (χ1) is 14.3. The number of piperazine rings is 1. The zero-order chi connectivity index (χ0) is 21.5. The van der Waals surface area contributed by atoms with E-state index in [9.17, 15) is 18.0 Å². The van der Waals surface area contributed by atoms with Crippen molar-refractivity contribution < 1.29 is 17.6 Å². The molecule has 4 rings (SSSR count). The van der Waals surface area contributed by atoms with E-state index in [-0.39, 0.29) is 36.6 Å². The molecule has 0 saturated carbocycles. The normalized spacial score (nSPS) is 15.5. The maximum absolute atomic E-state index is 13.0. The maximum atomic E-state index is 13.0. The van der Waals surface area contributed by atoms with E-state index < -0.39 is 21.6 Å². The van der Waals surface area contributed by atoms with Crippen molar-refractivity contribution in [2.24, 2.45) is 0 Å². The number of nitrogens with zero attached hydrogens (tertiary/aromatic N) is 2. The highest BCUT2D eigenvalue weighted by molar-refractivity contribution is 7.89. The summed E-state index contributed by atoms with van der Waals surface area (Å²) in [5.74, 6) is -0.446. The Kier molecular flexibility index (Phi) is 5.21. The average molecular weight is 426 g/mol. The summed E-state index contributed by atoms with van der Waals surface area (Å²) in [6, 6.07) is 13.8. The zero-order valence-corrected chi connectivity index (χ0v) is 17.6. The fraction of sp³-hybridized carbons (Fsp3) is 0.273. The molecule has 156 valence electrons. The molecule has 1 aromatic heterocycles. The second-order valence-electron chi connectivity index (χ2n) is 7.45. The SMILES string of the molecule is Cc1ccc(S(=O)(=O)N2CCN(C(=O)c3cc4ccccc4oc3=O)CC2)c(C)c1. The Bertz CT molecular complexity index is 1290. The highest BCUT2D eigenvalue weighted by Crippen LogP contribution is 2.23. The minimum absolute atomic E-state index is 0.0422. The van der Waals surface area contributed by atoms with E-state index in [0.717, 1.165) is 5.56 Å². The molecule has 1 aliphatic rings. The first-order valence-corrected chi connectivity index (χ1v) is 11.1. The summed E-state index contributed by atoms with van der Waals surface area (Å²) in [5, 5.41) is 0.663. The van der Waals surface area contributed by atoms with Gasteiger partial charge in [-0.2, -0.15) is 4.31 Å². The molecular weight excluding hydrogens is 404 g/mol. The second kappa shape index (κ2) is 7.70. The fourth-order valence-corrected chi connectivity index (χ4v) is 5.37. The van der Waals surface area contributed by atoms with Crippen LogP contribution >= 0.6 is 0 Å². The van der Waals surface area contributed by atoms with Crippen LogP contribution in [0.1, 0.15) is 21.5 Å². The van der Waals surface area contributed by atoms with Crippen LogP contribution in [0, 0.1) is 13.8 Å². The number of hydrogen-bond donors (Lipinski definition) is 0. The third kappa shape index (κ3) is 3.64. The van der Waals surface area contributed by atoms with E-state index in [1.165, 1.54) is 15.3 Å². The first-order valence-electron chi connectivity index (χ1n) is 9.67. The van der Waals surface area contributed by atoms with E-state index in [0.29, 0.717) is 16.5 Å². The molecule has 0 atom stereocenters. The quantitative estimate of drug-likeness (QED) is 0.601. The van der Waals surface area contributed by atoms with Gasteiger partial charge in [0.25, 0.3) is 5.91 Å². The average Bonchev–Trinajstić information content (AvgIpc) is 2.72. The van der Waals surface area contributed by atoms with Crippen LogP contribution in [0.3, 0.4) is 0 Å². The molecule has 0 radical (unpaired) electrons. The van der Waals surface area contributed by atoms with Gasteiger partial charge in [-0.1, -0.05) is 35.9 Å². The third-order valence-corrected chi connectivity index (χ3v) is 7.40. The summed E-state index contributed by atoms with van der Waals surface area (Å²) in [5.41, 5.74) is 1.38. The van der Waals surface area contributed by atoms with Gasteiger partial charge in [0.15, 0.2) is 0 Å². The van der Waals surface area contributed by atoms with Gasteiger partial charge >= 0.3 is 5.63 Å². The molecule has 0 bridgehead atoms. The van der Waals surface area contributed by atoms with Crippen LogP contribution in [-0.2, 0) is 10.0 Å². The Morgan fingerprint density at radius 2 is 1.67 bits per heavy atom. The van der Waals surface area contributed by atoms with Gasteiger partial charge in [0.2, 0.25) is 10.0 Å². The lowest BCUT2D eigenvalue weighted by Crippen LogP contribution is -2.51. The van der Waals surface area contributed by atoms with E-state index in [1.807, 2.05) is 13.0 Å². The van der Waals surface area contributed by atoms with Crippen molar-refractivity contribution in [1.29, 1.82) is 0 Å². The topological polar surface area (TPSA) is 87.9 Å². The summed E-state index contributed by atoms with van der Waals surface area (Å²) < 4.78 is 32.7. The molecule has 0 aliphatic carbocycles. The van der Waals surface area contributed by atoms with Crippen molar-refractivity contribution >= 4 is 26.9 Å². The summed E-state index contributed by atoms with van der Waals surface area (Å²) in [4.78, 5) is 26.9. The van der Waals surface area contributed by atoms with Gasteiger partial charge in [-0.3, -0.25) is 4.79 Å². The van der Waals surface area contributed by atoms with E-state index >= 15 is 0 Å². The van der Waals surface area contributed by atoms with Gasteiger partial charge in [0.1, 0.15) is 11.1 Å². The van der Waals surface area contributed by atoms with Crippen LogP contribution in [0.4, 0.5) is 0 Å². The first kappa shape index (κ1) is 20.3. The van der Waals surface area contributed by atoms with Crippen LogP contribution in [0.2, 0.25) is 0 Å². The maximum Gasteiger partial charge on any atom is 0.349 e. The van der Waals surface area contributed by atoms with Gasteiger partial charge in [-0.05, 0) is 37.6 Å². The summed E-state index contributed by atoms with van der Waals surface area (Å²) in [6.07, 6.45) is 0. The number of sulfonamides is 1. The largest absolute Gasteiger partial charge is 0.422 e. The monoisotopic (exact) mass is 426 g/mol. The molecule has 1 saturated heterocycles. The predicted octanol–water partition coefficient (Wildman–Crippen LogP) is 2.56. The molecule has 0 spiro atoms. The molecule has 2 heterocycles. The van der Waals surface area contributed by atoms with Gasteiger partial charge < -0.3 is 9.32 Å². The molecule has 0 unspecified atom stereocenters. The standard InChI is InChI=1S/C22H22N2O5S/c1-15-7-8-20(16(2)13-15)30(27,28)24-11-9-23(10-12-24)21(25)18-14-17-5-3-4-6-19(17)29-22(18)26/h3-8,13-14H,9-12H2,1-2H3. The lowest BCUT2D eigenvalue weighted by atomic mass is 10.1. The summed E-state index contributed by atoms with van der Waals surface area (Å²) in [6.45, 7) is 4.43. The number of benzene rings is 2. The number of para-hydroxylation sites is 1. The number of rotatable bonds is 3. The van der Waals surface area contributed by atoms with Crippen molar-refractivity contribution in [3.05, 3.63) is 75.6 Å². The second-order valence-corrected chi connectivity index (χ2v) is 9.36. The van der Waals surface area contributed by atoms with Crippen LogP contribution in [0.5, 0.6) is 0 Å². The van der Waals surface area contributed by atoms with E-state index in [1.54, 1.807) is 43.3 Å². The minimum atomic E-state index is -3.65. The smallest absolute Gasteiger partial charge is 0.349 e. The molecule has 30 heavy (non-hydrogen) atoms. The lowest BCUT2D eigenvalue weighted by molar-refractivity contribution is 0.0693. The molecule has 3 aromatic rings. The molecule has 8 heteroatoms. The van der Waals surface area contributed by atoms with Gasteiger partial charge in [-0.15, -0.1) is 0 Å². The third-order valence-electron chi connectivity index (χ3n) is 5.35. The van der Waals surface area contributed by atoms with Crippen molar-refractivity contribution in [2.75, 3.05) is 26.2 Å². The molecule has 0 N–H and O–H groups in total. The molecule has 7 nitrogen and oxygen atoms in total. The van der Waals surface area contributed by atoms with Crippen LogP contribution in [0.15, 0.2) is 62.6 Å². The molecular formula is C22H22N2O5S.